The summed E-state index contributed by atoms with van der Waals surface area (Å²) < 4.78 is 11.1. The van der Waals surface area contributed by atoms with Gasteiger partial charge < -0.3 is 14.9 Å². The maximum atomic E-state index is 6.15. The lowest BCUT2D eigenvalue weighted by Crippen LogP contribution is -2.18. The van der Waals surface area contributed by atoms with Crippen molar-refractivity contribution in [1.29, 1.82) is 0 Å². The van der Waals surface area contributed by atoms with Gasteiger partial charge in [0, 0.05) is 18.2 Å². The third-order valence-electron chi connectivity index (χ3n) is 3.02. The van der Waals surface area contributed by atoms with Gasteiger partial charge >= 0.3 is 0 Å². The number of hydrogen-bond acceptors (Lipinski definition) is 3. The van der Waals surface area contributed by atoms with Crippen LogP contribution in [0.4, 0.5) is 0 Å². The van der Waals surface area contributed by atoms with Crippen LogP contribution < -0.4 is 5.73 Å². The van der Waals surface area contributed by atoms with Gasteiger partial charge in [0.25, 0.3) is 0 Å². The first-order valence-electron chi connectivity index (χ1n) is 5.61. The smallest absolute Gasteiger partial charge is 0.105 e. The van der Waals surface area contributed by atoms with Crippen LogP contribution in [0.2, 0.25) is 0 Å². The molecule has 2 N–H and O–H groups in total. The Labute approximate surface area is 90.6 Å². The first-order valence-corrected chi connectivity index (χ1v) is 5.61. The normalized spacial score (nSPS) is 23.3. The van der Waals surface area contributed by atoms with Crippen molar-refractivity contribution in [3.05, 3.63) is 23.2 Å². The predicted octanol–water partition coefficient (Wildman–Crippen LogP) is 2.47. The van der Waals surface area contributed by atoms with E-state index in [1.807, 2.05) is 19.9 Å². The summed E-state index contributed by atoms with van der Waals surface area (Å²) in [5, 5.41) is 0. The van der Waals surface area contributed by atoms with Crippen LogP contribution in [0.25, 0.3) is 0 Å². The zero-order valence-corrected chi connectivity index (χ0v) is 9.45. The van der Waals surface area contributed by atoms with Crippen molar-refractivity contribution in [2.24, 2.45) is 5.73 Å². The van der Waals surface area contributed by atoms with Crippen molar-refractivity contribution in [1.82, 2.24) is 0 Å². The minimum Gasteiger partial charge on any atom is -0.466 e. The summed E-state index contributed by atoms with van der Waals surface area (Å²) in [6.07, 6.45) is 3.55. The molecule has 1 aliphatic heterocycles. The third-order valence-corrected chi connectivity index (χ3v) is 3.02. The van der Waals surface area contributed by atoms with Crippen LogP contribution in [0.15, 0.2) is 10.5 Å². The van der Waals surface area contributed by atoms with Crippen molar-refractivity contribution < 1.29 is 9.15 Å². The Morgan fingerprint density at radius 2 is 2.33 bits per heavy atom. The lowest BCUT2D eigenvalue weighted by atomic mass is 10.0. The molecule has 2 atom stereocenters. The number of hydrogen-bond donors (Lipinski definition) is 1. The fourth-order valence-corrected chi connectivity index (χ4v) is 2.26. The molecule has 1 aromatic rings. The summed E-state index contributed by atoms with van der Waals surface area (Å²) in [5.74, 6) is 1.88. The van der Waals surface area contributed by atoms with Gasteiger partial charge in [-0.15, -0.1) is 0 Å². The summed E-state index contributed by atoms with van der Waals surface area (Å²) in [5.41, 5.74) is 7.28. The number of furan rings is 1. The van der Waals surface area contributed by atoms with Gasteiger partial charge in [0.2, 0.25) is 0 Å². The van der Waals surface area contributed by atoms with E-state index in [1.165, 1.54) is 6.42 Å². The number of rotatable bonds is 3. The van der Waals surface area contributed by atoms with Crippen molar-refractivity contribution in [3.63, 3.8) is 0 Å². The highest BCUT2D eigenvalue weighted by atomic mass is 16.5. The Hall–Kier alpha value is -0.800. The minimum absolute atomic E-state index is 0.0468. The second kappa shape index (κ2) is 4.37. The van der Waals surface area contributed by atoms with Gasteiger partial charge in [0.05, 0.1) is 6.10 Å². The molecule has 1 aliphatic rings. The van der Waals surface area contributed by atoms with Crippen LogP contribution in [-0.4, -0.2) is 12.7 Å². The summed E-state index contributed by atoms with van der Waals surface area (Å²) >= 11 is 0. The molecule has 0 spiro atoms. The SMILES string of the molecule is Cc1cc(C(N)CC2CCCO2)c(C)o1. The van der Waals surface area contributed by atoms with Gasteiger partial charge in [-0.25, -0.2) is 0 Å². The molecule has 0 bridgehead atoms. The second-order valence-corrected chi connectivity index (χ2v) is 4.35. The van der Waals surface area contributed by atoms with Gasteiger partial charge in [-0.1, -0.05) is 0 Å². The zero-order chi connectivity index (χ0) is 10.8. The van der Waals surface area contributed by atoms with E-state index in [9.17, 15) is 0 Å². The van der Waals surface area contributed by atoms with Gasteiger partial charge in [0.15, 0.2) is 0 Å². The first kappa shape index (κ1) is 10.7. The Morgan fingerprint density at radius 3 is 2.87 bits per heavy atom. The molecule has 84 valence electrons. The van der Waals surface area contributed by atoms with Crippen LogP contribution in [-0.2, 0) is 4.74 Å². The molecule has 3 heteroatoms. The van der Waals surface area contributed by atoms with E-state index in [1.54, 1.807) is 0 Å². The number of nitrogens with two attached hydrogens (primary N) is 1. The molecule has 1 fully saturated rings. The first-order chi connectivity index (χ1) is 7.16. The molecule has 0 aromatic carbocycles. The molecule has 1 aromatic heterocycles. The van der Waals surface area contributed by atoms with Crippen LogP contribution >= 0.6 is 0 Å². The van der Waals surface area contributed by atoms with E-state index in [0.29, 0.717) is 6.10 Å². The van der Waals surface area contributed by atoms with E-state index in [4.69, 9.17) is 14.9 Å². The standard InChI is InChI=1S/C12H19NO2/c1-8-6-11(9(2)15-8)12(13)7-10-4-3-5-14-10/h6,10,12H,3-5,7,13H2,1-2H3. The molecule has 2 unspecified atom stereocenters. The van der Waals surface area contributed by atoms with E-state index in [-0.39, 0.29) is 6.04 Å². The molecule has 1 saturated heterocycles. The van der Waals surface area contributed by atoms with Gasteiger partial charge in [0.1, 0.15) is 11.5 Å². The fraction of sp³-hybridized carbons (Fsp3) is 0.667. The van der Waals surface area contributed by atoms with E-state index >= 15 is 0 Å². The summed E-state index contributed by atoms with van der Waals surface area (Å²) in [7, 11) is 0. The molecular formula is C12H19NO2. The lowest BCUT2D eigenvalue weighted by molar-refractivity contribution is 0.0982. The Morgan fingerprint density at radius 1 is 1.53 bits per heavy atom. The molecule has 3 nitrogen and oxygen atoms in total. The van der Waals surface area contributed by atoms with Crippen molar-refractivity contribution in [2.45, 2.75) is 45.3 Å². The van der Waals surface area contributed by atoms with Gasteiger partial charge in [-0.3, -0.25) is 0 Å². The highest BCUT2D eigenvalue weighted by Crippen LogP contribution is 2.27. The van der Waals surface area contributed by atoms with E-state index < -0.39 is 0 Å². The molecule has 0 radical (unpaired) electrons. The van der Waals surface area contributed by atoms with Gasteiger partial charge in [-0.05, 0) is 39.2 Å². The maximum absolute atomic E-state index is 6.15. The Balaban J connectivity index is 2.00. The maximum Gasteiger partial charge on any atom is 0.105 e. The van der Waals surface area contributed by atoms with Crippen LogP contribution in [0, 0.1) is 13.8 Å². The van der Waals surface area contributed by atoms with Crippen molar-refractivity contribution in [3.8, 4) is 0 Å². The summed E-state index contributed by atoms with van der Waals surface area (Å²) in [4.78, 5) is 0. The van der Waals surface area contributed by atoms with Gasteiger partial charge in [-0.2, -0.15) is 0 Å². The fourth-order valence-electron chi connectivity index (χ4n) is 2.26. The Kier molecular flexibility index (Phi) is 3.12. The highest BCUT2D eigenvalue weighted by Gasteiger charge is 2.21. The molecule has 0 amide bonds. The monoisotopic (exact) mass is 209 g/mol. The molecule has 2 heterocycles. The second-order valence-electron chi connectivity index (χ2n) is 4.35. The van der Waals surface area contributed by atoms with Crippen LogP contribution in [0.3, 0.4) is 0 Å². The quantitative estimate of drug-likeness (QED) is 0.831. The molecule has 0 saturated carbocycles. The van der Waals surface area contributed by atoms with E-state index in [2.05, 4.69) is 0 Å². The molecule has 0 aliphatic carbocycles. The van der Waals surface area contributed by atoms with Crippen LogP contribution in [0.1, 0.15) is 42.4 Å². The largest absolute Gasteiger partial charge is 0.466 e. The molecule has 15 heavy (non-hydrogen) atoms. The lowest BCUT2D eigenvalue weighted by Gasteiger charge is -2.15. The highest BCUT2D eigenvalue weighted by molar-refractivity contribution is 5.23. The Bertz CT molecular complexity index is 326. The molecular weight excluding hydrogens is 190 g/mol. The average Bonchev–Trinajstić information content (AvgIpc) is 2.75. The molecule has 2 rings (SSSR count). The van der Waals surface area contributed by atoms with Crippen molar-refractivity contribution in [2.75, 3.05) is 6.61 Å². The average molecular weight is 209 g/mol. The summed E-state index contributed by atoms with van der Waals surface area (Å²) in [6, 6.07) is 2.08. The number of ether oxygens (including phenoxy) is 1. The van der Waals surface area contributed by atoms with Crippen molar-refractivity contribution >= 4 is 0 Å². The minimum atomic E-state index is 0.0468. The number of aryl methyl sites for hydroxylation is 2. The topological polar surface area (TPSA) is 48.4 Å². The zero-order valence-electron chi connectivity index (χ0n) is 9.45. The van der Waals surface area contributed by atoms with E-state index in [0.717, 1.165) is 36.5 Å². The predicted molar refractivity (Wildman–Crippen MR) is 58.7 cm³/mol. The summed E-state index contributed by atoms with van der Waals surface area (Å²) in [6.45, 7) is 4.81. The third kappa shape index (κ3) is 2.41. The van der Waals surface area contributed by atoms with Crippen LogP contribution in [0.5, 0.6) is 0 Å².